The molecule has 1 atom stereocenters. The Kier molecular flexibility index (Phi) is 6.91. The fraction of sp³-hybridized carbons (Fsp3) is 0.158. The van der Waals surface area contributed by atoms with Crippen molar-refractivity contribution in [3.8, 4) is 0 Å². The van der Waals surface area contributed by atoms with Crippen LogP contribution in [-0.2, 0) is 24.4 Å². The van der Waals surface area contributed by atoms with Gasteiger partial charge in [0, 0.05) is 17.8 Å². The lowest BCUT2D eigenvalue weighted by Crippen LogP contribution is -2.38. The van der Waals surface area contributed by atoms with Crippen LogP contribution >= 0.6 is 11.8 Å². The van der Waals surface area contributed by atoms with Gasteiger partial charge in [-0.15, -0.1) is 0 Å². The minimum atomic E-state index is -3.88. The number of hydrogen-bond acceptors (Lipinski definition) is 7. The van der Waals surface area contributed by atoms with Crippen LogP contribution in [0.2, 0.25) is 0 Å². The summed E-state index contributed by atoms with van der Waals surface area (Å²) in [6, 6.07) is 10.0. The number of halogens is 1. The van der Waals surface area contributed by atoms with Gasteiger partial charge < -0.3 is 10.6 Å². The number of sulfonamides is 1. The summed E-state index contributed by atoms with van der Waals surface area (Å²) in [5.41, 5.74) is 0.576. The van der Waals surface area contributed by atoms with Crippen molar-refractivity contribution in [3.05, 3.63) is 54.3 Å². The van der Waals surface area contributed by atoms with Crippen molar-refractivity contribution >= 4 is 56.1 Å². The first-order chi connectivity index (χ1) is 15.0. The van der Waals surface area contributed by atoms with Crippen LogP contribution in [0.15, 0.2) is 53.4 Å². The quantitative estimate of drug-likeness (QED) is 0.542. The van der Waals surface area contributed by atoms with Gasteiger partial charge in [0.2, 0.25) is 27.7 Å². The standard InChI is InChI=1S/C19H17FN4O6S2/c20-11-1-3-12(4-2-11)22-16(25)9-15-18(27)24(19(28)31-15)10-17(26)23-13-5-7-14(8-6-13)32(21,29)30/h1-8,15H,9-10H2,(H,22,25)(H,23,26)(H2,21,29,30)/t15-/m0/s1. The number of amides is 4. The van der Waals surface area contributed by atoms with Crippen molar-refractivity contribution < 1.29 is 32.0 Å². The summed E-state index contributed by atoms with van der Waals surface area (Å²) in [5.74, 6) is -2.39. The predicted molar refractivity (Wildman–Crippen MR) is 115 cm³/mol. The summed E-state index contributed by atoms with van der Waals surface area (Å²) < 4.78 is 35.4. The van der Waals surface area contributed by atoms with Crippen molar-refractivity contribution in [1.29, 1.82) is 0 Å². The SMILES string of the molecule is NS(=O)(=O)c1ccc(NC(=O)CN2C(=O)S[C@@H](CC(=O)Nc3ccc(F)cc3)C2=O)cc1. The van der Waals surface area contributed by atoms with Crippen molar-refractivity contribution in [2.24, 2.45) is 5.14 Å². The molecule has 32 heavy (non-hydrogen) atoms. The van der Waals surface area contributed by atoms with E-state index in [2.05, 4.69) is 10.6 Å². The first-order valence-corrected chi connectivity index (χ1v) is 11.5. The van der Waals surface area contributed by atoms with Crippen LogP contribution in [0.4, 0.5) is 20.6 Å². The molecule has 0 bridgehead atoms. The molecule has 0 spiro atoms. The van der Waals surface area contributed by atoms with Gasteiger partial charge in [-0.25, -0.2) is 17.9 Å². The maximum absolute atomic E-state index is 12.9. The fourth-order valence-electron chi connectivity index (χ4n) is 2.76. The molecule has 1 aliphatic rings. The molecule has 4 amide bonds. The molecule has 3 rings (SSSR count). The fourth-order valence-corrected chi connectivity index (χ4v) is 4.26. The Balaban J connectivity index is 1.55. The third-order valence-electron chi connectivity index (χ3n) is 4.27. The largest absolute Gasteiger partial charge is 0.326 e. The van der Waals surface area contributed by atoms with Crippen LogP contribution in [0.25, 0.3) is 0 Å². The van der Waals surface area contributed by atoms with Crippen molar-refractivity contribution in [2.75, 3.05) is 17.2 Å². The molecule has 0 aliphatic carbocycles. The van der Waals surface area contributed by atoms with E-state index in [1.165, 1.54) is 36.4 Å². The number of rotatable bonds is 7. The second kappa shape index (κ2) is 9.46. The maximum atomic E-state index is 12.9. The molecule has 4 N–H and O–H groups in total. The molecule has 2 aromatic rings. The number of nitrogens with one attached hydrogen (secondary N) is 2. The second-order valence-corrected chi connectivity index (χ2v) is 9.39. The zero-order valence-corrected chi connectivity index (χ0v) is 17.9. The van der Waals surface area contributed by atoms with Crippen LogP contribution in [0, 0.1) is 5.82 Å². The first-order valence-electron chi connectivity index (χ1n) is 9.03. The number of carbonyl (C=O) groups is 4. The minimum absolute atomic E-state index is 0.140. The van der Waals surface area contributed by atoms with Gasteiger partial charge in [0.25, 0.3) is 5.24 Å². The molecule has 1 heterocycles. The maximum Gasteiger partial charge on any atom is 0.289 e. The highest BCUT2D eigenvalue weighted by Crippen LogP contribution is 2.29. The molecule has 2 aromatic carbocycles. The number of anilines is 2. The molecular formula is C19H17FN4O6S2. The van der Waals surface area contributed by atoms with E-state index in [9.17, 15) is 32.0 Å². The number of nitrogens with zero attached hydrogens (tertiary/aromatic N) is 1. The monoisotopic (exact) mass is 480 g/mol. The third kappa shape index (κ3) is 5.90. The molecule has 13 heteroatoms. The Bertz CT molecular complexity index is 1170. The smallest absolute Gasteiger partial charge is 0.289 e. The van der Waals surface area contributed by atoms with Gasteiger partial charge in [-0.2, -0.15) is 0 Å². The number of thioether (sulfide) groups is 1. The zero-order chi connectivity index (χ0) is 23.5. The Labute approximate surface area is 186 Å². The number of hydrogen-bond donors (Lipinski definition) is 3. The lowest BCUT2D eigenvalue weighted by Gasteiger charge is -2.14. The highest BCUT2D eigenvalue weighted by atomic mass is 32.2. The topological polar surface area (TPSA) is 156 Å². The Morgan fingerprint density at radius 1 is 0.969 bits per heavy atom. The van der Waals surface area contributed by atoms with Gasteiger partial charge >= 0.3 is 0 Å². The molecule has 1 saturated heterocycles. The van der Waals surface area contributed by atoms with Crippen LogP contribution < -0.4 is 15.8 Å². The Hall–Kier alpha value is -3.29. The van der Waals surface area contributed by atoms with Crippen LogP contribution in [-0.4, -0.2) is 48.1 Å². The molecule has 0 radical (unpaired) electrons. The Morgan fingerprint density at radius 3 is 2.06 bits per heavy atom. The molecule has 1 aliphatic heterocycles. The molecular weight excluding hydrogens is 463 g/mol. The van der Waals surface area contributed by atoms with Crippen LogP contribution in [0.1, 0.15) is 6.42 Å². The molecule has 0 unspecified atom stereocenters. The Morgan fingerprint density at radius 2 is 1.50 bits per heavy atom. The summed E-state index contributed by atoms with van der Waals surface area (Å²) in [7, 11) is -3.88. The van der Waals surface area contributed by atoms with Crippen molar-refractivity contribution in [2.45, 2.75) is 16.6 Å². The number of benzene rings is 2. The summed E-state index contributed by atoms with van der Waals surface area (Å²) in [5, 5.41) is 8.28. The average molecular weight is 480 g/mol. The molecule has 1 fully saturated rings. The lowest BCUT2D eigenvalue weighted by molar-refractivity contribution is -0.131. The van der Waals surface area contributed by atoms with Crippen LogP contribution in [0.3, 0.4) is 0 Å². The van der Waals surface area contributed by atoms with Crippen LogP contribution in [0.5, 0.6) is 0 Å². The predicted octanol–water partition coefficient (Wildman–Crippen LogP) is 1.50. The normalized spacial score (nSPS) is 16.2. The van der Waals surface area contributed by atoms with Gasteiger partial charge in [-0.1, -0.05) is 11.8 Å². The second-order valence-electron chi connectivity index (χ2n) is 6.67. The summed E-state index contributed by atoms with van der Waals surface area (Å²) in [4.78, 5) is 49.6. The van der Waals surface area contributed by atoms with E-state index in [0.29, 0.717) is 17.4 Å². The number of imide groups is 1. The van der Waals surface area contributed by atoms with Gasteiger partial charge in [-0.3, -0.25) is 24.1 Å². The van der Waals surface area contributed by atoms with Gasteiger partial charge in [0.15, 0.2) is 0 Å². The highest BCUT2D eigenvalue weighted by molar-refractivity contribution is 8.15. The number of primary sulfonamides is 1. The summed E-state index contributed by atoms with van der Waals surface area (Å²) in [6.45, 7) is -0.572. The van der Waals surface area contributed by atoms with Crippen molar-refractivity contribution in [3.63, 3.8) is 0 Å². The molecule has 10 nitrogen and oxygen atoms in total. The van der Waals surface area contributed by atoms with E-state index in [1.54, 1.807) is 0 Å². The molecule has 168 valence electrons. The lowest BCUT2D eigenvalue weighted by atomic mass is 10.2. The third-order valence-corrected chi connectivity index (χ3v) is 6.28. The highest BCUT2D eigenvalue weighted by Gasteiger charge is 2.41. The minimum Gasteiger partial charge on any atom is -0.326 e. The van der Waals surface area contributed by atoms with Crippen molar-refractivity contribution in [1.82, 2.24) is 4.90 Å². The average Bonchev–Trinajstić information content (AvgIpc) is 2.96. The van der Waals surface area contributed by atoms with E-state index >= 15 is 0 Å². The number of carbonyl (C=O) groups excluding carboxylic acids is 4. The van der Waals surface area contributed by atoms with E-state index in [1.807, 2.05) is 0 Å². The first kappa shape index (κ1) is 23.4. The van der Waals surface area contributed by atoms with Gasteiger partial charge in [0.1, 0.15) is 17.6 Å². The van der Waals surface area contributed by atoms with Gasteiger partial charge in [0.05, 0.1) is 4.90 Å². The summed E-state index contributed by atoms with van der Waals surface area (Å²) in [6.07, 6.45) is -0.306. The molecule has 0 aromatic heterocycles. The van der Waals surface area contributed by atoms with Gasteiger partial charge in [-0.05, 0) is 48.5 Å². The number of nitrogens with two attached hydrogens (primary N) is 1. The van der Waals surface area contributed by atoms with E-state index in [-0.39, 0.29) is 17.0 Å². The molecule has 0 saturated carbocycles. The van der Waals surface area contributed by atoms with E-state index in [4.69, 9.17) is 5.14 Å². The van der Waals surface area contributed by atoms with E-state index in [0.717, 1.165) is 17.0 Å². The van der Waals surface area contributed by atoms with E-state index < -0.39 is 50.6 Å². The summed E-state index contributed by atoms with van der Waals surface area (Å²) >= 11 is 0.632. The zero-order valence-electron chi connectivity index (χ0n) is 16.3.